The average Bonchev–Trinajstić information content (AvgIpc) is 2.51. The Morgan fingerprint density at radius 3 is 2.55 bits per heavy atom. The van der Waals surface area contributed by atoms with E-state index in [1.54, 1.807) is 0 Å². The van der Waals surface area contributed by atoms with Crippen LogP contribution in [-0.2, 0) is 18.9 Å². The Morgan fingerprint density at radius 2 is 1.85 bits per heavy atom. The molecular weight excluding hydrogens is 264 g/mol. The van der Waals surface area contributed by atoms with E-state index < -0.39 is 37.0 Å². The molecule has 0 aliphatic carbocycles. The Hall–Kier alpha value is -1.02. The monoisotopic (exact) mass is 282 g/mol. The molecule has 0 saturated carbocycles. The Bertz CT molecular complexity index is 437. The van der Waals surface area contributed by atoms with Gasteiger partial charge in [0.2, 0.25) is 0 Å². The van der Waals surface area contributed by atoms with Gasteiger partial charge >= 0.3 is 0 Å². The van der Waals surface area contributed by atoms with E-state index in [1.165, 1.54) is 7.11 Å². The lowest BCUT2D eigenvalue weighted by Crippen LogP contribution is -2.62. The minimum absolute atomic E-state index is 0.272. The molecule has 0 amide bonds. The standard InChI is InChI=1S/C14H18O6/c1-17-14-11(16)10(15)12-9(19-14)7-18-13(20-12)8-5-3-2-4-6-8/h2-6,9-16H,7H2,1H3/t9-,10-,11-,12+,13+,14+/m1/s1. The summed E-state index contributed by atoms with van der Waals surface area (Å²) in [6.45, 7) is 0.272. The number of hydrogen-bond donors (Lipinski definition) is 2. The van der Waals surface area contributed by atoms with E-state index in [9.17, 15) is 10.2 Å². The molecule has 2 aliphatic heterocycles. The fourth-order valence-corrected chi connectivity index (χ4v) is 2.55. The average molecular weight is 282 g/mol. The summed E-state index contributed by atoms with van der Waals surface area (Å²) in [4.78, 5) is 0. The highest BCUT2D eigenvalue weighted by Crippen LogP contribution is 2.33. The molecule has 2 N–H and O–H groups in total. The maximum Gasteiger partial charge on any atom is 0.186 e. The summed E-state index contributed by atoms with van der Waals surface area (Å²) < 4.78 is 21.9. The maximum atomic E-state index is 10.1. The van der Waals surface area contributed by atoms with Gasteiger partial charge in [0.15, 0.2) is 12.6 Å². The quantitative estimate of drug-likeness (QED) is 0.806. The third kappa shape index (κ3) is 2.46. The minimum atomic E-state index is -1.14. The Balaban J connectivity index is 1.74. The molecule has 6 atom stereocenters. The third-order valence-corrected chi connectivity index (χ3v) is 3.64. The van der Waals surface area contributed by atoms with Crippen LogP contribution < -0.4 is 0 Å². The molecule has 20 heavy (non-hydrogen) atoms. The molecule has 2 aliphatic rings. The summed E-state index contributed by atoms with van der Waals surface area (Å²) >= 11 is 0. The second-order valence-electron chi connectivity index (χ2n) is 4.94. The highest BCUT2D eigenvalue weighted by atomic mass is 16.7. The molecule has 6 heteroatoms. The predicted octanol–water partition coefficient (Wildman–Crippen LogP) is 0.194. The third-order valence-electron chi connectivity index (χ3n) is 3.64. The second kappa shape index (κ2) is 5.77. The summed E-state index contributed by atoms with van der Waals surface area (Å²) in [5.74, 6) is 0. The number of benzene rings is 1. The Morgan fingerprint density at radius 1 is 1.10 bits per heavy atom. The fraction of sp³-hybridized carbons (Fsp3) is 0.571. The SMILES string of the molecule is CO[C@H]1O[C@@H]2CO[C@H](c3ccccc3)O[C@@H]2[C@H](O)[C@H]1O. The summed E-state index contributed by atoms with van der Waals surface area (Å²) in [5, 5.41) is 20.1. The van der Waals surface area contributed by atoms with E-state index in [1.807, 2.05) is 30.3 Å². The van der Waals surface area contributed by atoms with Crippen LogP contribution in [-0.4, -0.2) is 54.6 Å². The molecule has 3 rings (SSSR count). The molecule has 2 saturated heterocycles. The molecule has 0 radical (unpaired) electrons. The summed E-state index contributed by atoms with van der Waals surface area (Å²) in [6, 6.07) is 9.45. The van der Waals surface area contributed by atoms with Gasteiger partial charge in [-0.15, -0.1) is 0 Å². The zero-order valence-corrected chi connectivity index (χ0v) is 11.1. The van der Waals surface area contributed by atoms with Gasteiger partial charge in [0.25, 0.3) is 0 Å². The Labute approximate surface area is 116 Å². The molecule has 2 heterocycles. The zero-order chi connectivity index (χ0) is 14.1. The van der Waals surface area contributed by atoms with Gasteiger partial charge in [-0.1, -0.05) is 30.3 Å². The predicted molar refractivity (Wildman–Crippen MR) is 67.7 cm³/mol. The van der Waals surface area contributed by atoms with Crippen molar-refractivity contribution in [3.8, 4) is 0 Å². The van der Waals surface area contributed by atoms with Crippen molar-refractivity contribution in [3.05, 3.63) is 35.9 Å². The highest BCUT2D eigenvalue weighted by Gasteiger charge is 2.48. The molecule has 6 nitrogen and oxygen atoms in total. The van der Waals surface area contributed by atoms with E-state index in [2.05, 4.69) is 0 Å². The lowest BCUT2D eigenvalue weighted by Gasteiger charge is -2.45. The van der Waals surface area contributed by atoms with Crippen molar-refractivity contribution in [2.24, 2.45) is 0 Å². The van der Waals surface area contributed by atoms with Crippen LogP contribution in [0.5, 0.6) is 0 Å². The van der Waals surface area contributed by atoms with E-state index in [0.29, 0.717) is 0 Å². The molecule has 0 bridgehead atoms. The first-order valence-electron chi connectivity index (χ1n) is 6.57. The summed E-state index contributed by atoms with van der Waals surface area (Å²) in [7, 11) is 1.41. The fourth-order valence-electron chi connectivity index (χ4n) is 2.55. The normalized spacial score (nSPS) is 41.1. The first kappa shape index (κ1) is 13.9. The number of ether oxygens (including phenoxy) is 4. The molecular formula is C14H18O6. The van der Waals surface area contributed by atoms with E-state index >= 15 is 0 Å². The summed E-state index contributed by atoms with van der Waals surface area (Å²) in [6.07, 6.45) is -4.76. The number of rotatable bonds is 2. The van der Waals surface area contributed by atoms with Gasteiger partial charge in [-0.2, -0.15) is 0 Å². The van der Waals surface area contributed by atoms with Crippen LogP contribution in [0, 0.1) is 0 Å². The van der Waals surface area contributed by atoms with Crippen molar-refractivity contribution in [3.63, 3.8) is 0 Å². The second-order valence-corrected chi connectivity index (χ2v) is 4.94. The van der Waals surface area contributed by atoms with Crippen LogP contribution in [0.4, 0.5) is 0 Å². The molecule has 0 unspecified atom stereocenters. The van der Waals surface area contributed by atoms with Gasteiger partial charge in [0.05, 0.1) is 6.61 Å². The molecule has 0 spiro atoms. The van der Waals surface area contributed by atoms with Crippen LogP contribution in [0.1, 0.15) is 11.9 Å². The number of hydrogen-bond acceptors (Lipinski definition) is 6. The van der Waals surface area contributed by atoms with Crippen LogP contribution in [0.15, 0.2) is 30.3 Å². The summed E-state index contributed by atoms with van der Waals surface area (Å²) in [5.41, 5.74) is 0.863. The number of aliphatic hydroxyl groups is 2. The van der Waals surface area contributed by atoms with Crippen LogP contribution in [0.25, 0.3) is 0 Å². The lowest BCUT2D eigenvalue weighted by atomic mass is 9.98. The topological polar surface area (TPSA) is 77.4 Å². The lowest BCUT2D eigenvalue weighted by molar-refractivity contribution is -0.358. The van der Waals surface area contributed by atoms with Crippen molar-refractivity contribution >= 4 is 0 Å². The largest absolute Gasteiger partial charge is 0.387 e. The Kier molecular flexibility index (Phi) is 4.02. The molecule has 2 fully saturated rings. The van der Waals surface area contributed by atoms with Crippen LogP contribution >= 0.6 is 0 Å². The van der Waals surface area contributed by atoms with Gasteiger partial charge in [-0.3, -0.25) is 0 Å². The van der Waals surface area contributed by atoms with E-state index in [-0.39, 0.29) is 6.61 Å². The van der Waals surface area contributed by atoms with Crippen molar-refractivity contribution in [1.29, 1.82) is 0 Å². The van der Waals surface area contributed by atoms with E-state index in [0.717, 1.165) is 5.56 Å². The zero-order valence-electron chi connectivity index (χ0n) is 11.1. The number of methoxy groups -OCH3 is 1. The van der Waals surface area contributed by atoms with E-state index in [4.69, 9.17) is 18.9 Å². The number of fused-ring (bicyclic) bond motifs is 1. The molecule has 1 aromatic rings. The van der Waals surface area contributed by atoms with Crippen molar-refractivity contribution in [2.75, 3.05) is 13.7 Å². The first-order valence-corrected chi connectivity index (χ1v) is 6.57. The van der Waals surface area contributed by atoms with Gasteiger partial charge in [-0.25, -0.2) is 0 Å². The van der Waals surface area contributed by atoms with Gasteiger partial charge in [-0.05, 0) is 0 Å². The smallest absolute Gasteiger partial charge is 0.186 e. The minimum Gasteiger partial charge on any atom is -0.387 e. The van der Waals surface area contributed by atoms with Crippen molar-refractivity contribution in [2.45, 2.75) is 37.0 Å². The van der Waals surface area contributed by atoms with Crippen LogP contribution in [0.3, 0.4) is 0 Å². The van der Waals surface area contributed by atoms with Crippen LogP contribution in [0.2, 0.25) is 0 Å². The highest BCUT2D eigenvalue weighted by molar-refractivity contribution is 5.16. The molecule has 1 aromatic carbocycles. The molecule has 110 valence electrons. The van der Waals surface area contributed by atoms with Gasteiger partial charge < -0.3 is 29.2 Å². The van der Waals surface area contributed by atoms with Gasteiger partial charge in [0, 0.05) is 12.7 Å². The van der Waals surface area contributed by atoms with Crippen molar-refractivity contribution < 1.29 is 29.2 Å². The number of aliphatic hydroxyl groups excluding tert-OH is 2. The van der Waals surface area contributed by atoms with Crippen molar-refractivity contribution in [1.82, 2.24) is 0 Å². The maximum absolute atomic E-state index is 10.1. The molecule has 0 aromatic heterocycles. The van der Waals surface area contributed by atoms with Gasteiger partial charge in [0.1, 0.15) is 24.4 Å². The first-order chi connectivity index (χ1) is 9.70.